The largest absolute Gasteiger partial charge is 0.370 e. The molecule has 3 rings (SSSR count). The van der Waals surface area contributed by atoms with Gasteiger partial charge in [-0.3, -0.25) is 0 Å². The van der Waals surface area contributed by atoms with Crippen LogP contribution in [-0.4, -0.2) is 7.05 Å². The average Bonchev–Trinajstić information content (AvgIpc) is 2.63. The summed E-state index contributed by atoms with van der Waals surface area (Å²) in [4.78, 5) is 2.25. The van der Waals surface area contributed by atoms with Gasteiger partial charge in [-0.2, -0.15) is 0 Å². The van der Waals surface area contributed by atoms with E-state index in [0.29, 0.717) is 6.54 Å². The van der Waals surface area contributed by atoms with Gasteiger partial charge < -0.3 is 10.6 Å². The van der Waals surface area contributed by atoms with E-state index < -0.39 is 0 Å². The van der Waals surface area contributed by atoms with Gasteiger partial charge in [0.1, 0.15) is 0 Å². The van der Waals surface area contributed by atoms with E-state index in [-0.39, 0.29) is 0 Å². The molecule has 0 radical (unpaired) electrons. The van der Waals surface area contributed by atoms with Crippen molar-refractivity contribution in [3.8, 4) is 11.1 Å². The highest BCUT2D eigenvalue weighted by Crippen LogP contribution is 2.24. The van der Waals surface area contributed by atoms with Gasteiger partial charge in [0.2, 0.25) is 0 Å². The first-order valence-electron chi connectivity index (χ1n) is 7.91. The minimum absolute atomic E-state index is 0.564. The first kappa shape index (κ1) is 15.3. The molecule has 0 unspecified atom stereocenters. The van der Waals surface area contributed by atoms with Crippen molar-refractivity contribution < 1.29 is 0 Å². The zero-order chi connectivity index (χ0) is 16.1. The SMILES string of the molecule is CN(Cc1ccc(-c2ccccc2CN)cc1)c1ccccc1. The van der Waals surface area contributed by atoms with Gasteiger partial charge >= 0.3 is 0 Å². The number of hydrogen-bond donors (Lipinski definition) is 1. The van der Waals surface area contributed by atoms with E-state index >= 15 is 0 Å². The van der Waals surface area contributed by atoms with Crippen molar-refractivity contribution >= 4 is 5.69 Å². The maximum Gasteiger partial charge on any atom is 0.0426 e. The van der Waals surface area contributed by atoms with Gasteiger partial charge in [-0.1, -0.05) is 66.7 Å². The number of nitrogens with two attached hydrogens (primary N) is 1. The van der Waals surface area contributed by atoms with Gasteiger partial charge in [0.15, 0.2) is 0 Å². The maximum absolute atomic E-state index is 5.84. The lowest BCUT2D eigenvalue weighted by Crippen LogP contribution is -2.15. The molecular weight excluding hydrogens is 280 g/mol. The van der Waals surface area contributed by atoms with E-state index in [2.05, 4.69) is 78.7 Å². The minimum Gasteiger partial charge on any atom is -0.370 e. The first-order valence-corrected chi connectivity index (χ1v) is 7.91. The molecule has 23 heavy (non-hydrogen) atoms. The summed E-state index contributed by atoms with van der Waals surface area (Å²) in [5.41, 5.74) is 12.0. The van der Waals surface area contributed by atoms with Crippen LogP contribution in [0.1, 0.15) is 11.1 Å². The molecule has 116 valence electrons. The molecule has 2 nitrogen and oxygen atoms in total. The Morgan fingerprint density at radius 2 is 1.43 bits per heavy atom. The van der Waals surface area contributed by atoms with Crippen molar-refractivity contribution in [1.29, 1.82) is 0 Å². The zero-order valence-corrected chi connectivity index (χ0v) is 13.4. The Bertz CT molecular complexity index is 748. The summed E-state index contributed by atoms with van der Waals surface area (Å²) in [6.07, 6.45) is 0. The highest BCUT2D eigenvalue weighted by Gasteiger charge is 2.05. The topological polar surface area (TPSA) is 29.3 Å². The second kappa shape index (κ2) is 7.12. The molecule has 0 aliphatic carbocycles. The third-order valence-corrected chi connectivity index (χ3v) is 4.12. The Balaban J connectivity index is 1.77. The van der Waals surface area contributed by atoms with E-state index in [4.69, 9.17) is 5.73 Å². The van der Waals surface area contributed by atoms with Crippen LogP contribution in [0, 0.1) is 0 Å². The molecule has 0 aliphatic rings. The van der Waals surface area contributed by atoms with E-state index in [1.807, 2.05) is 12.1 Å². The van der Waals surface area contributed by atoms with Crippen LogP contribution in [0.2, 0.25) is 0 Å². The molecule has 2 N–H and O–H groups in total. The van der Waals surface area contributed by atoms with E-state index in [1.165, 1.54) is 27.9 Å². The molecule has 0 spiro atoms. The quantitative estimate of drug-likeness (QED) is 0.754. The van der Waals surface area contributed by atoms with Crippen molar-refractivity contribution in [2.45, 2.75) is 13.1 Å². The molecule has 2 heteroatoms. The van der Waals surface area contributed by atoms with Gasteiger partial charge in [0.25, 0.3) is 0 Å². The highest BCUT2D eigenvalue weighted by atomic mass is 15.1. The lowest BCUT2D eigenvalue weighted by atomic mass is 9.98. The normalized spacial score (nSPS) is 10.5. The molecule has 0 aliphatic heterocycles. The van der Waals surface area contributed by atoms with Crippen LogP contribution in [0.25, 0.3) is 11.1 Å². The summed E-state index contributed by atoms with van der Waals surface area (Å²) < 4.78 is 0. The maximum atomic E-state index is 5.84. The standard InChI is InChI=1S/C21H22N2/c1-23(20-8-3-2-4-9-20)16-17-11-13-18(14-12-17)21-10-6-5-7-19(21)15-22/h2-14H,15-16,22H2,1H3. The Morgan fingerprint density at radius 3 is 2.13 bits per heavy atom. The van der Waals surface area contributed by atoms with Crippen LogP contribution in [-0.2, 0) is 13.1 Å². The summed E-state index contributed by atoms with van der Waals surface area (Å²) in [7, 11) is 2.12. The smallest absolute Gasteiger partial charge is 0.0426 e. The lowest BCUT2D eigenvalue weighted by molar-refractivity contribution is 0.923. The third-order valence-electron chi connectivity index (χ3n) is 4.12. The predicted molar refractivity (Wildman–Crippen MR) is 98.3 cm³/mol. The van der Waals surface area contributed by atoms with Crippen molar-refractivity contribution in [1.82, 2.24) is 0 Å². The second-order valence-electron chi connectivity index (χ2n) is 5.75. The summed E-state index contributed by atoms with van der Waals surface area (Å²) in [5, 5.41) is 0. The van der Waals surface area contributed by atoms with E-state index in [0.717, 1.165) is 6.54 Å². The monoisotopic (exact) mass is 302 g/mol. The molecule has 3 aromatic carbocycles. The van der Waals surface area contributed by atoms with Gasteiger partial charge in [-0.05, 0) is 34.4 Å². The van der Waals surface area contributed by atoms with E-state index in [9.17, 15) is 0 Å². The highest BCUT2D eigenvalue weighted by molar-refractivity contribution is 5.67. The van der Waals surface area contributed by atoms with Gasteiger partial charge in [-0.25, -0.2) is 0 Å². The number of nitrogens with zero attached hydrogens (tertiary/aromatic N) is 1. The van der Waals surface area contributed by atoms with Crippen molar-refractivity contribution in [2.75, 3.05) is 11.9 Å². The number of anilines is 1. The average molecular weight is 302 g/mol. The first-order chi connectivity index (χ1) is 11.3. The fraction of sp³-hybridized carbons (Fsp3) is 0.143. The molecular formula is C21H22N2. The van der Waals surface area contributed by atoms with Gasteiger partial charge in [0.05, 0.1) is 0 Å². The second-order valence-corrected chi connectivity index (χ2v) is 5.75. The molecule has 0 atom stereocenters. The number of hydrogen-bond acceptors (Lipinski definition) is 2. The van der Waals surface area contributed by atoms with Crippen LogP contribution in [0.3, 0.4) is 0 Å². The zero-order valence-electron chi connectivity index (χ0n) is 13.4. The molecule has 3 aromatic rings. The Morgan fingerprint density at radius 1 is 0.783 bits per heavy atom. The number of benzene rings is 3. The van der Waals surface area contributed by atoms with E-state index in [1.54, 1.807) is 0 Å². The van der Waals surface area contributed by atoms with Crippen LogP contribution in [0.4, 0.5) is 5.69 Å². The van der Waals surface area contributed by atoms with Crippen LogP contribution in [0.15, 0.2) is 78.9 Å². The Kier molecular flexibility index (Phi) is 4.74. The fourth-order valence-electron chi connectivity index (χ4n) is 2.82. The molecule has 0 saturated carbocycles. The Hall–Kier alpha value is -2.58. The molecule has 0 saturated heterocycles. The van der Waals surface area contributed by atoms with Crippen LogP contribution in [0.5, 0.6) is 0 Å². The lowest BCUT2D eigenvalue weighted by Gasteiger charge is -2.19. The van der Waals surface area contributed by atoms with Crippen molar-refractivity contribution in [3.05, 3.63) is 90.0 Å². The van der Waals surface area contributed by atoms with Crippen molar-refractivity contribution in [2.24, 2.45) is 5.73 Å². The van der Waals surface area contributed by atoms with Gasteiger partial charge in [0, 0.05) is 25.8 Å². The fourth-order valence-corrected chi connectivity index (χ4v) is 2.82. The van der Waals surface area contributed by atoms with Gasteiger partial charge in [-0.15, -0.1) is 0 Å². The molecule has 0 bridgehead atoms. The summed E-state index contributed by atoms with van der Waals surface area (Å²) in [5.74, 6) is 0. The Labute approximate surface area is 138 Å². The molecule has 0 fully saturated rings. The van der Waals surface area contributed by atoms with Crippen LogP contribution < -0.4 is 10.6 Å². The molecule has 0 heterocycles. The van der Waals surface area contributed by atoms with Crippen molar-refractivity contribution in [3.63, 3.8) is 0 Å². The number of para-hydroxylation sites is 1. The summed E-state index contributed by atoms with van der Waals surface area (Å²) >= 11 is 0. The molecule has 0 amide bonds. The molecule has 0 aromatic heterocycles. The third kappa shape index (κ3) is 3.61. The summed E-state index contributed by atoms with van der Waals surface area (Å²) in [6, 6.07) is 27.5. The minimum atomic E-state index is 0.564. The number of rotatable bonds is 5. The van der Waals surface area contributed by atoms with Crippen LogP contribution >= 0.6 is 0 Å². The predicted octanol–water partition coefficient (Wildman–Crippen LogP) is 4.45. The summed E-state index contributed by atoms with van der Waals surface area (Å²) in [6.45, 7) is 1.46.